The quantitative estimate of drug-likeness (QED) is 0.167. The smallest absolute Gasteiger partial charge is 0.348 e. The van der Waals surface area contributed by atoms with Gasteiger partial charge in [-0.2, -0.15) is 0 Å². The molecular weight excluding hydrogens is 626 g/mol. The zero-order chi connectivity index (χ0) is 34.4. The van der Waals surface area contributed by atoms with Crippen LogP contribution in [0.1, 0.15) is 56.2 Å². The molecule has 254 valence electrons. The Labute approximate surface area is 267 Å². The van der Waals surface area contributed by atoms with E-state index in [1.54, 1.807) is 12.1 Å². The molecule has 0 radical (unpaired) electrons. The molecule has 16 nitrogen and oxygen atoms in total. The minimum Gasteiger partial charge on any atom is -0.481 e. The predicted molar refractivity (Wildman–Crippen MR) is 152 cm³/mol. The molecule has 16 heteroatoms. The first kappa shape index (κ1) is 33.8. The number of carboxylic acid groups (broad SMARTS) is 2. The van der Waals surface area contributed by atoms with E-state index >= 15 is 0 Å². The summed E-state index contributed by atoms with van der Waals surface area (Å²) in [6.07, 6.45) is -5.90. The Morgan fingerprint density at radius 3 is 2.40 bits per heavy atom. The molecule has 0 aromatic heterocycles. The summed E-state index contributed by atoms with van der Waals surface area (Å²) in [6.45, 7) is 2.27. The van der Waals surface area contributed by atoms with Gasteiger partial charge in [-0.05, 0) is 45.0 Å². The second kappa shape index (κ2) is 12.6. The summed E-state index contributed by atoms with van der Waals surface area (Å²) in [5.74, 6) is -7.55. The summed E-state index contributed by atoms with van der Waals surface area (Å²) in [4.78, 5) is 74.5. The third-order valence-electron chi connectivity index (χ3n) is 9.30. The molecule has 1 aromatic rings. The van der Waals surface area contributed by atoms with E-state index in [2.05, 4.69) is 9.64 Å². The molecule has 1 saturated heterocycles. The number of carbonyl (C=O) groups excluding carboxylic acids is 4. The van der Waals surface area contributed by atoms with Gasteiger partial charge in [0.25, 0.3) is 0 Å². The Kier molecular flexibility index (Phi) is 9.05. The van der Waals surface area contributed by atoms with Crippen molar-refractivity contribution in [2.45, 2.75) is 94.0 Å². The first-order valence-corrected chi connectivity index (χ1v) is 14.9. The van der Waals surface area contributed by atoms with Crippen molar-refractivity contribution >= 4 is 35.8 Å². The normalized spacial score (nSPS) is 27.1. The highest BCUT2D eigenvalue weighted by atomic mass is 16.6. The van der Waals surface area contributed by atoms with Gasteiger partial charge in [-0.25, -0.2) is 14.4 Å². The standard InChI is InChI=1S/C31H35NO15/c1-14(28(40)46-19(27(38)39)11-22(35)36)43-29(41)20(44-15(2)34)12-23(37)45-18-6-7-31(42)21-10-16-4-5-17(13-33)25-24(16)30(31,26(18)47-25)8-9-32(21)3/h4-6,14,19-21,26,33,42H,7-13H2,1-3H3,(H,35,36)(H,38,39)/t14-,19-,20-,21+,26-,30-,31+/m0/s1. The molecule has 0 unspecified atom stereocenters. The van der Waals surface area contributed by atoms with Crippen molar-refractivity contribution in [2.24, 2.45) is 0 Å². The molecule has 1 spiro atoms. The van der Waals surface area contributed by atoms with Crippen LogP contribution in [0.3, 0.4) is 0 Å². The minimum absolute atomic E-state index is 0.0703. The first-order chi connectivity index (χ1) is 22.1. The van der Waals surface area contributed by atoms with Crippen LogP contribution < -0.4 is 4.74 Å². The summed E-state index contributed by atoms with van der Waals surface area (Å²) in [7, 11) is 1.93. The first-order valence-electron chi connectivity index (χ1n) is 14.9. The third kappa shape index (κ3) is 5.80. The number of hydrogen-bond acceptors (Lipinski definition) is 14. The van der Waals surface area contributed by atoms with Gasteiger partial charge in [0, 0.05) is 30.5 Å². The number of likely N-dealkylation sites (N-methyl/N-ethyl adjacent to an activating group) is 1. The van der Waals surface area contributed by atoms with Gasteiger partial charge in [0.2, 0.25) is 12.2 Å². The number of benzene rings is 1. The highest BCUT2D eigenvalue weighted by molar-refractivity contribution is 5.88. The topological polar surface area (TPSA) is 233 Å². The minimum atomic E-state index is -2.06. The fraction of sp³-hybridized carbons (Fsp3) is 0.548. The largest absolute Gasteiger partial charge is 0.481 e. The van der Waals surface area contributed by atoms with Gasteiger partial charge >= 0.3 is 35.8 Å². The van der Waals surface area contributed by atoms with E-state index in [0.717, 1.165) is 25.0 Å². The molecule has 2 aliphatic heterocycles. The second-order valence-corrected chi connectivity index (χ2v) is 12.1. The highest BCUT2D eigenvalue weighted by Gasteiger charge is 2.71. The van der Waals surface area contributed by atoms with E-state index in [1.165, 1.54) is 0 Å². The fourth-order valence-electron chi connectivity index (χ4n) is 7.20. The van der Waals surface area contributed by atoms with Gasteiger partial charge in [-0.3, -0.25) is 14.4 Å². The number of aliphatic carboxylic acids is 2. The second-order valence-electron chi connectivity index (χ2n) is 12.1. The van der Waals surface area contributed by atoms with Crippen molar-refractivity contribution in [3.8, 4) is 5.75 Å². The zero-order valence-corrected chi connectivity index (χ0v) is 25.8. The molecule has 4 N–H and O–H groups in total. The van der Waals surface area contributed by atoms with Gasteiger partial charge in [0.15, 0.2) is 12.2 Å². The zero-order valence-electron chi connectivity index (χ0n) is 25.8. The molecule has 47 heavy (non-hydrogen) atoms. The van der Waals surface area contributed by atoms with Crippen LogP contribution in [-0.2, 0) is 66.2 Å². The Bertz CT molecular complexity index is 1550. The SMILES string of the molecule is CC(=O)O[C@@H](CC(=O)OC1=CC[C@@]2(O)[C@H]3Cc4ccc(CO)c5c4[C@@]2(CCN3C)[C@H]1O5)C(=O)O[C@@H](C)C(=O)O[C@@H](CC(=O)O)C(=O)O. The van der Waals surface area contributed by atoms with Gasteiger partial charge in [-0.1, -0.05) is 12.1 Å². The lowest BCUT2D eigenvalue weighted by atomic mass is 9.50. The van der Waals surface area contributed by atoms with Crippen molar-refractivity contribution in [1.29, 1.82) is 0 Å². The molecular formula is C31H35NO15. The Morgan fingerprint density at radius 1 is 1.04 bits per heavy atom. The molecule has 2 bridgehead atoms. The number of aliphatic hydroxyl groups is 2. The van der Waals surface area contributed by atoms with Gasteiger partial charge in [0.1, 0.15) is 11.5 Å². The lowest BCUT2D eigenvalue weighted by Gasteiger charge is -2.61. The number of nitrogens with zero attached hydrogens (tertiary/aromatic N) is 1. The Morgan fingerprint density at radius 2 is 1.77 bits per heavy atom. The van der Waals surface area contributed by atoms with Crippen LogP contribution in [0.5, 0.6) is 5.75 Å². The van der Waals surface area contributed by atoms with Crippen molar-refractivity contribution in [2.75, 3.05) is 13.6 Å². The number of rotatable bonds is 12. The summed E-state index contributed by atoms with van der Waals surface area (Å²) < 4.78 is 26.6. The average Bonchev–Trinajstić information content (AvgIpc) is 3.35. The predicted octanol–water partition coefficient (Wildman–Crippen LogP) is -0.276. The van der Waals surface area contributed by atoms with Gasteiger partial charge in [0.05, 0.1) is 30.5 Å². The number of aliphatic hydroxyl groups excluding tert-OH is 1. The monoisotopic (exact) mass is 661 g/mol. The lowest BCUT2D eigenvalue weighted by molar-refractivity contribution is -0.184. The maximum absolute atomic E-state index is 13.3. The molecule has 0 amide bonds. The van der Waals surface area contributed by atoms with E-state index in [1.807, 2.05) is 13.1 Å². The molecule has 1 aromatic carbocycles. The number of carbonyl (C=O) groups is 6. The van der Waals surface area contributed by atoms with Crippen molar-refractivity contribution < 1.29 is 72.9 Å². The number of esters is 4. The van der Waals surface area contributed by atoms with E-state index in [9.17, 15) is 39.0 Å². The van der Waals surface area contributed by atoms with Crippen LogP contribution in [0.25, 0.3) is 0 Å². The van der Waals surface area contributed by atoms with E-state index in [-0.39, 0.29) is 24.8 Å². The molecule has 7 atom stereocenters. The number of ether oxygens (including phenoxy) is 5. The highest BCUT2D eigenvalue weighted by Crippen LogP contribution is 2.64. The lowest BCUT2D eigenvalue weighted by Crippen LogP contribution is -2.74. The third-order valence-corrected chi connectivity index (χ3v) is 9.30. The van der Waals surface area contributed by atoms with E-state index < -0.39 is 84.1 Å². The maximum Gasteiger partial charge on any atom is 0.348 e. The maximum atomic E-state index is 13.3. The van der Waals surface area contributed by atoms with E-state index in [4.69, 9.17) is 29.2 Å². The summed E-state index contributed by atoms with van der Waals surface area (Å²) in [5, 5.41) is 40.3. The van der Waals surface area contributed by atoms with Gasteiger partial charge in [-0.15, -0.1) is 0 Å². The number of piperidine rings is 1. The fourth-order valence-corrected chi connectivity index (χ4v) is 7.20. The van der Waals surface area contributed by atoms with Crippen LogP contribution >= 0.6 is 0 Å². The summed E-state index contributed by atoms with van der Waals surface area (Å²) >= 11 is 0. The van der Waals surface area contributed by atoms with Crippen LogP contribution in [0.15, 0.2) is 24.0 Å². The Hall–Kier alpha value is -4.54. The average molecular weight is 662 g/mol. The van der Waals surface area contributed by atoms with Crippen LogP contribution in [0.4, 0.5) is 0 Å². The molecule has 4 aliphatic rings. The molecule has 2 aliphatic carbocycles. The number of carboxylic acids is 2. The molecule has 2 heterocycles. The number of hydrogen-bond donors (Lipinski definition) is 4. The van der Waals surface area contributed by atoms with Crippen molar-refractivity contribution in [3.63, 3.8) is 0 Å². The summed E-state index contributed by atoms with van der Waals surface area (Å²) in [6, 6.07) is 3.41. The van der Waals surface area contributed by atoms with Gasteiger partial charge < -0.3 is 49.0 Å². The number of likely N-dealkylation sites (tertiary alicyclic amines) is 1. The van der Waals surface area contributed by atoms with Crippen LogP contribution in [0, 0.1) is 0 Å². The Balaban J connectivity index is 1.33. The van der Waals surface area contributed by atoms with Crippen molar-refractivity contribution in [1.82, 2.24) is 4.90 Å². The molecule has 1 fully saturated rings. The van der Waals surface area contributed by atoms with Crippen molar-refractivity contribution in [3.05, 3.63) is 40.7 Å². The van der Waals surface area contributed by atoms with Crippen LogP contribution in [0.2, 0.25) is 0 Å². The molecule has 0 saturated carbocycles. The van der Waals surface area contributed by atoms with Crippen LogP contribution in [-0.4, -0.2) is 111 Å². The van der Waals surface area contributed by atoms with E-state index in [0.29, 0.717) is 30.7 Å². The summed E-state index contributed by atoms with van der Waals surface area (Å²) in [5.41, 5.74) is -0.0388. The molecule has 5 rings (SSSR count).